The molecule has 1 aliphatic rings. The van der Waals surface area contributed by atoms with Gasteiger partial charge < -0.3 is 4.74 Å². The van der Waals surface area contributed by atoms with Gasteiger partial charge in [-0.2, -0.15) is 0 Å². The van der Waals surface area contributed by atoms with Crippen molar-refractivity contribution in [2.45, 2.75) is 58.6 Å². The van der Waals surface area contributed by atoms with Gasteiger partial charge in [-0.1, -0.05) is 60.2 Å². The maximum atomic E-state index is 12.3. The Morgan fingerprint density at radius 3 is 2.63 bits per heavy atom. The van der Waals surface area contributed by atoms with E-state index in [0.29, 0.717) is 6.42 Å². The smallest absolute Gasteiger partial charge is 0.154 e. The molecule has 0 amide bonds. The van der Waals surface area contributed by atoms with Gasteiger partial charge >= 0.3 is 0 Å². The molecule has 27 heavy (non-hydrogen) atoms. The van der Waals surface area contributed by atoms with Crippen molar-refractivity contribution in [3.63, 3.8) is 0 Å². The molecule has 2 atom stereocenters. The van der Waals surface area contributed by atoms with Gasteiger partial charge in [0.25, 0.3) is 0 Å². The van der Waals surface area contributed by atoms with Crippen molar-refractivity contribution in [3.05, 3.63) is 71.8 Å². The van der Waals surface area contributed by atoms with Crippen LogP contribution in [0.3, 0.4) is 0 Å². The highest BCUT2D eigenvalue weighted by molar-refractivity contribution is 6.09. The molecule has 3 heteroatoms. The van der Waals surface area contributed by atoms with Crippen LogP contribution in [0.4, 0.5) is 0 Å². The van der Waals surface area contributed by atoms with Crippen molar-refractivity contribution in [1.82, 2.24) is 0 Å². The molecule has 1 heterocycles. The molecule has 0 radical (unpaired) electrons. The topological polar surface area (TPSA) is 38.7 Å². The molecule has 1 aromatic rings. The lowest BCUT2D eigenvalue weighted by Gasteiger charge is -2.24. The third kappa shape index (κ3) is 7.48. The highest BCUT2D eigenvalue weighted by Gasteiger charge is 2.22. The van der Waals surface area contributed by atoms with E-state index in [1.165, 1.54) is 6.42 Å². The van der Waals surface area contributed by atoms with E-state index >= 15 is 0 Å². The number of carbonyl (C=O) groups excluding carboxylic acids is 1. The summed E-state index contributed by atoms with van der Waals surface area (Å²) in [6.45, 7) is 6.46. The van der Waals surface area contributed by atoms with E-state index in [9.17, 15) is 4.79 Å². The standard InChI is InChI=1S/C24H31NO2/c1-4-5-11-19(2)15-16-23(21-12-7-6-8-13-21)25-24(20(3)26)18-22-14-9-10-17-27-22/h4-8,11-13,15-16,22,24H,9-10,14,17-18H2,1-3H3/b5-4-,16-15+,19-11-,25-23?. The number of benzene rings is 1. The number of Topliss-reactive ketones (excluding diaryl/α,β-unsaturated/α-hetero) is 1. The minimum Gasteiger partial charge on any atom is -0.378 e. The number of carbonyl (C=O) groups is 1. The monoisotopic (exact) mass is 365 g/mol. The van der Waals surface area contributed by atoms with Crippen LogP contribution >= 0.6 is 0 Å². The van der Waals surface area contributed by atoms with Crippen molar-refractivity contribution in [1.29, 1.82) is 0 Å². The predicted octanol–water partition coefficient (Wildman–Crippen LogP) is 5.47. The average Bonchev–Trinajstić information content (AvgIpc) is 2.69. The maximum Gasteiger partial charge on any atom is 0.154 e. The van der Waals surface area contributed by atoms with Gasteiger partial charge in [0.05, 0.1) is 11.8 Å². The van der Waals surface area contributed by atoms with Gasteiger partial charge in [-0.15, -0.1) is 0 Å². The Hall–Kier alpha value is -2.26. The minimum absolute atomic E-state index is 0.0900. The molecule has 2 unspecified atom stereocenters. The highest BCUT2D eigenvalue weighted by Crippen LogP contribution is 2.20. The molecular weight excluding hydrogens is 334 g/mol. The van der Waals surface area contributed by atoms with E-state index in [-0.39, 0.29) is 17.9 Å². The molecule has 0 spiro atoms. The van der Waals surface area contributed by atoms with Crippen LogP contribution in [0.15, 0.2) is 71.3 Å². The van der Waals surface area contributed by atoms with Crippen LogP contribution in [0.2, 0.25) is 0 Å². The number of hydrogen-bond acceptors (Lipinski definition) is 3. The molecule has 2 rings (SSSR count). The van der Waals surface area contributed by atoms with Crippen LogP contribution in [-0.4, -0.2) is 30.2 Å². The molecule has 1 saturated heterocycles. The molecule has 0 aromatic heterocycles. The Bertz CT molecular complexity index is 707. The Kier molecular flexibility index (Phi) is 8.93. The molecular formula is C24H31NO2. The zero-order valence-corrected chi connectivity index (χ0v) is 16.7. The van der Waals surface area contributed by atoms with E-state index in [2.05, 4.69) is 13.0 Å². The number of aliphatic imine (C=N–C) groups is 1. The first kappa shape index (κ1) is 21.0. The number of ketones is 1. The quantitative estimate of drug-likeness (QED) is 0.452. The molecule has 144 valence electrons. The van der Waals surface area contributed by atoms with Gasteiger partial charge in [0.1, 0.15) is 6.04 Å². The summed E-state index contributed by atoms with van der Waals surface area (Å²) in [4.78, 5) is 17.1. The zero-order chi connectivity index (χ0) is 19.5. The van der Waals surface area contributed by atoms with Gasteiger partial charge in [0, 0.05) is 13.0 Å². The molecule has 1 fully saturated rings. The fourth-order valence-electron chi connectivity index (χ4n) is 3.06. The number of hydrogen-bond donors (Lipinski definition) is 0. The van der Waals surface area contributed by atoms with Crippen LogP contribution in [0.5, 0.6) is 0 Å². The van der Waals surface area contributed by atoms with E-state index in [1.54, 1.807) is 6.92 Å². The van der Waals surface area contributed by atoms with Gasteiger partial charge in [-0.3, -0.25) is 9.79 Å². The summed E-state index contributed by atoms with van der Waals surface area (Å²) in [5.74, 6) is 0.0900. The number of allylic oxidation sites excluding steroid dienone is 6. The van der Waals surface area contributed by atoms with Crippen LogP contribution < -0.4 is 0 Å². The largest absolute Gasteiger partial charge is 0.378 e. The molecule has 0 N–H and O–H groups in total. The summed E-state index contributed by atoms with van der Waals surface area (Å²) < 4.78 is 5.83. The van der Waals surface area contributed by atoms with E-state index in [0.717, 1.165) is 36.3 Å². The summed E-state index contributed by atoms with van der Waals surface area (Å²) in [6, 6.07) is 9.67. The molecule has 3 nitrogen and oxygen atoms in total. The van der Waals surface area contributed by atoms with Crippen LogP contribution in [-0.2, 0) is 9.53 Å². The number of rotatable bonds is 8. The second kappa shape index (κ2) is 11.5. The Morgan fingerprint density at radius 2 is 2.00 bits per heavy atom. The van der Waals surface area contributed by atoms with E-state index < -0.39 is 0 Å². The third-order valence-corrected chi connectivity index (χ3v) is 4.65. The van der Waals surface area contributed by atoms with E-state index in [4.69, 9.17) is 9.73 Å². The van der Waals surface area contributed by atoms with Crippen molar-refractivity contribution in [3.8, 4) is 0 Å². The van der Waals surface area contributed by atoms with Gasteiger partial charge in [-0.05, 0) is 51.7 Å². The van der Waals surface area contributed by atoms with Crippen LogP contribution in [0.1, 0.15) is 52.0 Å². The molecule has 1 aliphatic heterocycles. The Labute approximate surface area is 163 Å². The predicted molar refractivity (Wildman–Crippen MR) is 113 cm³/mol. The first-order valence-electron chi connectivity index (χ1n) is 9.83. The average molecular weight is 366 g/mol. The first-order valence-corrected chi connectivity index (χ1v) is 9.83. The summed E-state index contributed by atoms with van der Waals surface area (Å²) in [5, 5.41) is 0. The van der Waals surface area contributed by atoms with Crippen molar-refractivity contribution < 1.29 is 9.53 Å². The summed E-state index contributed by atoms with van der Waals surface area (Å²) >= 11 is 0. The van der Waals surface area contributed by atoms with E-state index in [1.807, 2.05) is 61.6 Å². The normalized spacial score (nSPS) is 20.3. The second-order valence-corrected chi connectivity index (χ2v) is 7.00. The fraction of sp³-hybridized carbons (Fsp3) is 0.417. The highest BCUT2D eigenvalue weighted by atomic mass is 16.5. The fourth-order valence-corrected chi connectivity index (χ4v) is 3.06. The van der Waals surface area contributed by atoms with Crippen molar-refractivity contribution in [2.75, 3.05) is 6.61 Å². The molecule has 1 aromatic carbocycles. The lowest BCUT2D eigenvalue weighted by molar-refractivity contribution is -0.119. The lowest BCUT2D eigenvalue weighted by atomic mass is 9.99. The number of ether oxygens (including phenoxy) is 1. The summed E-state index contributed by atoms with van der Waals surface area (Å²) in [5.41, 5.74) is 2.98. The van der Waals surface area contributed by atoms with Gasteiger partial charge in [-0.25, -0.2) is 0 Å². The Morgan fingerprint density at radius 1 is 1.22 bits per heavy atom. The third-order valence-electron chi connectivity index (χ3n) is 4.65. The maximum absolute atomic E-state index is 12.3. The number of nitrogens with zero attached hydrogens (tertiary/aromatic N) is 1. The van der Waals surface area contributed by atoms with Crippen LogP contribution in [0.25, 0.3) is 0 Å². The Balaban J connectivity index is 2.28. The molecule has 0 aliphatic carbocycles. The SMILES string of the molecule is C\C=C/C=C(C)\C=C\C(=NC(CC1CCCCO1)C(C)=O)c1ccccc1. The summed E-state index contributed by atoms with van der Waals surface area (Å²) in [6.07, 6.45) is 14.2. The first-order chi connectivity index (χ1) is 13.1. The summed E-state index contributed by atoms with van der Waals surface area (Å²) in [7, 11) is 0. The van der Waals surface area contributed by atoms with Gasteiger partial charge in [0.2, 0.25) is 0 Å². The second-order valence-electron chi connectivity index (χ2n) is 7.00. The molecule has 0 bridgehead atoms. The lowest BCUT2D eigenvalue weighted by Crippen LogP contribution is -2.28. The van der Waals surface area contributed by atoms with Crippen molar-refractivity contribution in [2.24, 2.45) is 4.99 Å². The van der Waals surface area contributed by atoms with Crippen molar-refractivity contribution >= 4 is 11.5 Å². The minimum atomic E-state index is -0.368. The zero-order valence-electron chi connectivity index (χ0n) is 16.7. The van der Waals surface area contributed by atoms with Crippen LogP contribution in [0, 0.1) is 0 Å². The molecule has 0 saturated carbocycles. The van der Waals surface area contributed by atoms with Gasteiger partial charge in [0.15, 0.2) is 5.78 Å².